The van der Waals surface area contributed by atoms with Gasteiger partial charge in [0.15, 0.2) is 22.2 Å². The fourth-order valence-electron chi connectivity index (χ4n) is 3.38. The average Bonchev–Trinajstić information content (AvgIpc) is 2.98. The van der Waals surface area contributed by atoms with Gasteiger partial charge in [0.05, 0.1) is 10.4 Å². The number of thiophene rings is 1. The van der Waals surface area contributed by atoms with E-state index in [4.69, 9.17) is 9.84 Å². The van der Waals surface area contributed by atoms with E-state index < -0.39 is 22.4 Å². The molecule has 0 fully saturated rings. The highest BCUT2D eigenvalue weighted by atomic mass is 32.2. The van der Waals surface area contributed by atoms with Crippen LogP contribution in [0.25, 0.3) is 0 Å². The van der Waals surface area contributed by atoms with E-state index in [-0.39, 0.29) is 38.1 Å². The second-order valence-corrected chi connectivity index (χ2v) is 11.1. The smallest absolute Gasteiger partial charge is 0.341 e. The molecule has 7 nitrogen and oxygen atoms in total. The zero-order valence-corrected chi connectivity index (χ0v) is 17.8. The number of fused-ring (bicyclic) bond motifs is 1. The van der Waals surface area contributed by atoms with Crippen molar-refractivity contribution in [2.45, 2.75) is 30.9 Å². The lowest BCUT2D eigenvalue weighted by atomic mass is 9.74. The van der Waals surface area contributed by atoms with E-state index >= 15 is 0 Å². The molecule has 154 valence electrons. The Bertz CT molecular complexity index is 1110. The maximum absolute atomic E-state index is 13.1. The van der Waals surface area contributed by atoms with Crippen LogP contribution in [0.1, 0.15) is 51.4 Å². The lowest BCUT2D eigenvalue weighted by molar-refractivity contribution is -0.139. The summed E-state index contributed by atoms with van der Waals surface area (Å²) in [4.78, 5) is 36.6. The molecule has 3 rings (SSSR count). The van der Waals surface area contributed by atoms with Crippen molar-refractivity contribution in [1.29, 1.82) is 0 Å². The van der Waals surface area contributed by atoms with Crippen LogP contribution in [0.4, 0.5) is 0 Å². The molecule has 1 heterocycles. The minimum absolute atomic E-state index is 0.0576. The number of Topliss-reactive ketones (excluding diaryl/α,β-unsaturated/α-hetero) is 1. The van der Waals surface area contributed by atoms with E-state index in [1.807, 2.05) is 13.8 Å². The highest BCUT2D eigenvalue weighted by Gasteiger charge is 2.39. The summed E-state index contributed by atoms with van der Waals surface area (Å²) in [7, 11) is -3.66. The first-order valence-electron chi connectivity index (χ1n) is 8.77. The lowest BCUT2D eigenvalue weighted by Gasteiger charge is -2.29. The Balaban J connectivity index is 2.04. The van der Waals surface area contributed by atoms with Gasteiger partial charge in [-0.1, -0.05) is 13.8 Å². The summed E-state index contributed by atoms with van der Waals surface area (Å²) in [6, 6.07) is 5.93. The van der Waals surface area contributed by atoms with Crippen molar-refractivity contribution in [1.82, 2.24) is 0 Å². The summed E-state index contributed by atoms with van der Waals surface area (Å²) in [5, 5.41) is 8.66. The Morgan fingerprint density at radius 2 is 1.79 bits per heavy atom. The number of ketones is 2. The zero-order valence-electron chi connectivity index (χ0n) is 16.1. The average molecular weight is 437 g/mol. The van der Waals surface area contributed by atoms with Gasteiger partial charge >= 0.3 is 5.97 Å². The van der Waals surface area contributed by atoms with Gasteiger partial charge in [0.25, 0.3) is 0 Å². The molecule has 0 bridgehead atoms. The molecule has 1 aliphatic carbocycles. The van der Waals surface area contributed by atoms with Gasteiger partial charge < -0.3 is 9.84 Å². The summed E-state index contributed by atoms with van der Waals surface area (Å²) in [5.41, 5.74) is 0.575. The number of ether oxygens (including phenoxy) is 1. The molecule has 1 aliphatic rings. The molecule has 0 saturated carbocycles. The molecule has 2 aromatic rings. The number of carbonyl (C=O) groups is 3. The van der Waals surface area contributed by atoms with Crippen LogP contribution >= 0.6 is 11.3 Å². The fourth-order valence-corrected chi connectivity index (χ4v) is 5.88. The van der Waals surface area contributed by atoms with E-state index in [2.05, 4.69) is 0 Å². The molecular weight excluding hydrogens is 416 g/mol. The summed E-state index contributed by atoms with van der Waals surface area (Å²) in [6.45, 7) is 3.32. The molecule has 0 amide bonds. The van der Waals surface area contributed by atoms with Crippen LogP contribution in [0.2, 0.25) is 0 Å². The minimum Gasteiger partial charge on any atom is -0.482 e. The van der Waals surface area contributed by atoms with Crippen LogP contribution in [0.15, 0.2) is 28.5 Å². The highest BCUT2D eigenvalue weighted by Crippen LogP contribution is 2.43. The van der Waals surface area contributed by atoms with Crippen molar-refractivity contribution in [2.75, 3.05) is 12.9 Å². The van der Waals surface area contributed by atoms with Crippen molar-refractivity contribution in [3.63, 3.8) is 0 Å². The predicted molar refractivity (Wildman–Crippen MR) is 107 cm³/mol. The molecule has 1 N–H and O–H groups in total. The first-order valence-corrected chi connectivity index (χ1v) is 11.5. The molecule has 0 unspecified atom stereocenters. The monoisotopic (exact) mass is 436 g/mol. The van der Waals surface area contributed by atoms with Crippen molar-refractivity contribution in [2.24, 2.45) is 5.41 Å². The maximum Gasteiger partial charge on any atom is 0.341 e. The third-order valence-corrected chi connectivity index (χ3v) is 7.63. The van der Waals surface area contributed by atoms with E-state index in [9.17, 15) is 22.8 Å². The summed E-state index contributed by atoms with van der Waals surface area (Å²) in [5.74, 6) is -1.46. The van der Waals surface area contributed by atoms with Crippen LogP contribution in [0, 0.1) is 5.41 Å². The third kappa shape index (κ3) is 4.40. The topological polar surface area (TPSA) is 115 Å². The van der Waals surface area contributed by atoms with Crippen molar-refractivity contribution >= 4 is 38.7 Å². The van der Waals surface area contributed by atoms with Crippen LogP contribution in [-0.2, 0) is 21.1 Å². The van der Waals surface area contributed by atoms with Crippen LogP contribution in [-0.4, -0.2) is 43.9 Å². The highest BCUT2D eigenvalue weighted by molar-refractivity contribution is 7.92. The number of carbonyl (C=O) groups excluding carboxylic acids is 2. The quantitative estimate of drug-likeness (QED) is 0.692. The first kappa shape index (κ1) is 21.2. The van der Waals surface area contributed by atoms with E-state index in [0.29, 0.717) is 23.3 Å². The number of carboxylic acid groups (broad SMARTS) is 1. The molecule has 1 aromatic carbocycles. The van der Waals surface area contributed by atoms with E-state index in [1.54, 1.807) is 0 Å². The minimum atomic E-state index is -3.66. The maximum atomic E-state index is 13.1. The number of benzene rings is 1. The Kier molecular flexibility index (Phi) is 5.40. The number of hydrogen-bond donors (Lipinski definition) is 1. The summed E-state index contributed by atoms with van der Waals surface area (Å²) < 4.78 is 29.5. The van der Waals surface area contributed by atoms with Gasteiger partial charge in [-0.25, -0.2) is 13.2 Å². The Labute approximate surface area is 172 Å². The molecule has 0 atom stereocenters. The second kappa shape index (κ2) is 7.38. The lowest BCUT2D eigenvalue weighted by Crippen LogP contribution is -2.28. The molecule has 0 radical (unpaired) electrons. The third-order valence-electron chi connectivity index (χ3n) is 4.57. The standard InChI is InChI=1S/C20H20O7S2/c1-20(2)8-13-16(14(21)9-20)19(29(3,25)26)28-18(13)17(24)11-4-6-12(7-5-11)27-10-15(22)23/h4-7H,8-10H2,1-3H3,(H,22,23). The van der Waals surface area contributed by atoms with Crippen molar-refractivity contribution in [3.05, 3.63) is 45.8 Å². The zero-order chi connectivity index (χ0) is 21.6. The SMILES string of the molecule is CC1(C)CC(=O)c2c(S(C)(=O)=O)sc(C(=O)c3ccc(OCC(=O)O)cc3)c2C1. The Morgan fingerprint density at radius 1 is 1.17 bits per heavy atom. The molecule has 29 heavy (non-hydrogen) atoms. The summed E-state index contributed by atoms with van der Waals surface area (Å²) >= 11 is 0.841. The number of carboxylic acids is 1. The predicted octanol–water partition coefficient (Wildman–Crippen LogP) is 3.00. The molecule has 0 saturated heterocycles. The van der Waals surface area contributed by atoms with Gasteiger partial charge in [-0.2, -0.15) is 0 Å². The van der Waals surface area contributed by atoms with Gasteiger partial charge in [-0.05, 0) is 41.7 Å². The molecular formula is C20H20O7S2. The van der Waals surface area contributed by atoms with Gasteiger partial charge in [-0.3, -0.25) is 9.59 Å². The van der Waals surface area contributed by atoms with Crippen molar-refractivity contribution in [3.8, 4) is 5.75 Å². The number of sulfone groups is 1. The Morgan fingerprint density at radius 3 is 2.34 bits per heavy atom. The number of rotatable bonds is 6. The Hall–Kier alpha value is -2.52. The second-order valence-electron chi connectivity index (χ2n) is 7.82. The molecule has 0 aliphatic heterocycles. The largest absolute Gasteiger partial charge is 0.482 e. The summed E-state index contributed by atoms with van der Waals surface area (Å²) in [6.07, 6.45) is 1.69. The van der Waals surface area contributed by atoms with Crippen LogP contribution in [0.5, 0.6) is 5.75 Å². The fraction of sp³-hybridized carbons (Fsp3) is 0.350. The van der Waals surface area contributed by atoms with Crippen LogP contribution < -0.4 is 4.74 Å². The first-order chi connectivity index (χ1) is 13.4. The van der Waals surface area contributed by atoms with Gasteiger partial charge in [0, 0.05) is 18.2 Å². The van der Waals surface area contributed by atoms with Crippen molar-refractivity contribution < 1.29 is 32.6 Å². The van der Waals surface area contributed by atoms with E-state index in [1.165, 1.54) is 24.3 Å². The van der Waals surface area contributed by atoms with Gasteiger partial charge in [0.1, 0.15) is 9.96 Å². The molecule has 0 spiro atoms. The normalized spacial score (nSPS) is 15.6. The van der Waals surface area contributed by atoms with Gasteiger partial charge in [-0.15, -0.1) is 11.3 Å². The molecule has 9 heteroatoms. The van der Waals surface area contributed by atoms with Crippen LogP contribution in [0.3, 0.4) is 0 Å². The van der Waals surface area contributed by atoms with Gasteiger partial charge in [0.2, 0.25) is 5.78 Å². The number of hydrogen-bond acceptors (Lipinski definition) is 7. The number of aliphatic carboxylic acids is 1. The van der Waals surface area contributed by atoms with E-state index in [0.717, 1.165) is 17.6 Å². The molecule has 1 aromatic heterocycles.